The normalized spacial score (nSPS) is 14.2. The van der Waals surface area contributed by atoms with Gasteiger partial charge in [-0.25, -0.2) is 18.5 Å². The molecule has 39 heteroatoms. The van der Waals surface area contributed by atoms with Gasteiger partial charge in [0.1, 0.15) is 25.7 Å². The van der Waals surface area contributed by atoms with Crippen LogP contribution in [0, 0.1) is 13.1 Å². The third kappa shape index (κ3) is 18.6. The molecule has 708 valence electrons. The second-order valence-corrected chi connectivity index (χ2v) is 41.3. The standard InChI is InChI=1S/C36H23I2N5.C26H19N3O8S2.C20H15N3O7S2.C20H18O7/c37-23-11-15-29-33(19-23)42(27-7-3-1-4-8-27)35-21-25(13-17-31(35)40-29)39-26-14-18-32-36(22-26)43(28-9-5-2-6-10-28)34-20-24(38)12-16-30(34)41-32;27-14-7-10-16(20(11-14)38(32,33)34)13-5-8-15(9-6-13)29-19-12-21(39(35,36)37)24(28)23-22(19)25(30)17-3-1-2-4-18(17)26(23)31;21-18-15(32(28,29)30)9-14(23-10-4-3-5-11(8-10)31(22,26)27)16-17(18)20(25)13-7-2-1-6-12(13)19(16)24;21-13-7-5-11-15(9-3-1-2-4-10(9)20(25)26)12-6-8-14(22)17(24)19(12)27-18(11)16(13)23/h1-22H,(H,40,41);1-12,29H,27-28H2,(H,32,33,34)(H,35,36,37);1-9,23H,21H2,(H2,22,26,27)(H,28,29,30);5-10,21,23-24H,1-4H2,(H,25,26)/p+1. The molecule has 2 aliphatic heterocycles. The third-order valence-electron chi connectivity index (χ3n) is 24.3. The number of nitrogens with two attached hydrogens (primary N) is 4. The Balaban J connectivity index is 0.000000126. The van der Waals surface area contributed by atoms with Gasteiger partial charge in [-0.15, -0.1) is 4.57 Å². The minimum atomic E-state index is -4.88. The Morgan fingerprint density at radius 1 is 0.461 bits per heavy atom. The van der Waals surface area contributed by atoms with E-state index in [0.717, 1.165) is 105 Å². The van der Waals surface area contributed by atoms with E-state index in [2.05, 4.69) is 209 Å². The molecule has 19 N–H and O–H groups in total. The van der Waals surface area contributed by atoms with Crippen molar-refractivity contribution < 1.29 is 101 Å². The van der Waals surface area contributed by atoms with Gasteiger partial charge in [0.15, 0.2) is 40.2 Å². The number of carboxylic acids is 1. The SMILES string of the molecule is Ic1ccc2c(c1)N(c1ccccc1)c1cc(Nc3ccc4nc5ccc(I)cc5[n+](-c5ccccc5)c4c3)ccc1N2.Nc1c(S(=O)(=O)O)cc(Nc2cccc(S(N)(=O)=O)c2)c2c1C(=O)c1ccccc1C2=O.Nc1ccc(-c2ccc(Nc3cc(S(=O)(=O)O)c(N)c4c3C(=O)c3ccccc3C4=O)cc2)c(S(=O)(=O)O)c1.O=C(O)C1CCCCC1c1c2ccc(=O)c(O)c-2oc2c(O)c(O)ccc12. The molecule has 1 saturated carbocycles. The minimum Gasteiger partial charge on any atom is -0.504 e. The van der Waals surface area contributed by atoms with Crippen LogP contribution in [-0.4, -0.2) is 102 Å². The molecule has 2 unspecified atom stereocenters. The van der Waals surface area contributed by atoms with E-state index >= 15 is 0 Å². The average molecular weight is 2190 g/mol. The first-order valence-corrected chi connectivity index (χ1v) is 50.8. The third-order valence-corrected chi connectivity index (χ3v) is 29.2. The Bertz CT molecular complexity index is 8730. The van der Waals surface area contributed by atoms with Gasteiger partial charge in [0.2, 0.25) is 43.7 Å². The summed E-state index contributed by atoms with van der Waals surface area (Å²) in [5, 5.41) is 58.6. The number of aliphatic carboxylic acids is 1. The molecule has 21 rings (SSSR count). The number of aromatic nitrogens is 2. The van der Waals surface area contributed by atoms with Crippen LogP contribution in [0.3, 0.4) is 0 Å². The fourth-order valence-corrected chi connectivity index (χ4v) is 21.5. The number of hydrogen-bond acceptors (Lipinski definition) is 27. The van der Waals surface area contributed by atoms with E-state index in [-0.39, 0.29) is 95.0 Å². The lowest BCUT2D eigenvalue weighted by Gasteiger charge is -2.34. The maximum atomic E-state index is 13.4. The van der Waals surface area contributed by atoms with Gasteiger partial charge < -0.3 is 68.2 Å². The number of sulfonamides is 1. The topological polar surface area (TPSA) is 566 Å². The molecule has 0 amide bonds. The molecule has 15 aromatic rings. The first kappa shape index (κ1) is 95.7. The quantitative estimate of drug-likeness (QED) is 0.0113. The molecule has 3 heterocycles. The van der Waals surface area contributed by atoms with Crippen LogP contribution < -0.4 is 58.5 Å². The lowest BCUT2D eigenvalue weighted by Crippen LogP contribution is -2.33. The van der Waals surface area contributed by atoms with E-state index in [1.807, 2.05) is 0 Å². The molecule has 4 aliphatic carbocycles. The number of nitrogens with zero attached hydrogens (tertiary/aromatic N) is 3. The number of phenols is 3. The summed E-state index contributed by atoms with van der Waals surface area (Å²) in [6.07, 6.45) is 2.79. The van der Waals surface area contributed by atoms with Crippen molar-refractivity contribution in [3.05, 3.63) is 353 Å². The summed E-state index contributed by atoms with van der Waals surface area (Å²) in [4.78, 5) is 81.9. The molecule has 141 heavy (non-hydrogen) atoms. The van der Waals surface area contributed by atoms with Crippen molar-refractivity contribution in [2.75, 3.05) is 43.4 Å². The van der Waals surface area contributed by atoms with E-state index in [9.17, 15) is 96.5 Å². The average Bonchev–Trinajstić information content (AvgIpc) is 0.731. The van der Waals surface area contributed by atoms with Crippen LogP contribution >= 0.6 is 45.2 Å². The number of para-hydroxylation sites is 2. The van der Waals surface area contributed by atoms with E-state index < -0.39 is 124 Å². The molecule has 1 aromatic heterocycles. The molecule has 0 saturated heterocycles. The first-order chi connectivity index (χ1) is 67.2. The highest BCUT2D eigenvalue weighted by molar-refractivity contribution is 14.1. The number of aromatic hydroxyl groups is 3. The van der Waals surface area contributed by atoms with Gasteiger partial charge in [-0.3, -0.25) is 42.4 Å². The zero-order valence-corrected chi connectivity index (χ0v) is 80.5. The highest BCUT2D eigenvalue weighted by atomic mass is 127. The van der Waals surface area contributed by atoms with Gasteiger partial charge in [0.05, 0.1) is 78.6 Å². The van der Waals surface area contributed by atoms with Crippen LogP contribution in [0.25, 0.3) is 61.2 Å². The lowest BCUT2D eigenvalue weighted by atomic mass is 9.73. The summed E-state index contributed by atoms with van der Waals surface area (Å²) >= 11 is 4.75. The summed E-state index contributed by atoms with van der Waals surface area (Å²) in [7, 11) is -18.4. The maximum absolute atomic E-state index is 13.4. The van der Waals surface area contributed by atoms with Gasteiger partial charge in [-0.2, -0.15) is 25.3 Å². The second-order valence-electron chi connectivity index (χ2n) is 33.0. The molecule has 0 bridgehead atoms. The number of benzene rings is 15. The Hall–Kier alpha value is -15.6. The number of carbonyl (C=O) groups excluding carboxylic acids is 4. The van der Waals surface area contributed by atoms with Crippen molar-refractivity contribution in [3.8, 4) is 45.4 Å². The van der Waals surface area contributed by atoms with E-state index in [0.29, 0.717) is 40.6 Å². The number of phenolic OH excluding ortho intramolecular Hbond substituents is 3. The van der Waals surface area contributed by atoms with Crippen LogP contribution in [0.4, 0.5) is 79.6 Å². The van der Waals surface area contributed by atoms with Crippen molar-refractivity contribution in [2.24, 2.45) is 11.1 Å². The highest BCUT2D eigenvalue weighted by Crippen LogP contribution is 2.53. The predicted octanol–water partition coefficient (Wildman–Crippen LogP) is 18.7. The predicted molar refractivity (Wildman–Crippen MR) is 549 cm³/mol. The fourth-order valence-electron chi connectivity index (χ4n) is 17.9. The number of carbonyl (C=O) groups is 5. The van der Waals surface area contributed by atoms with Crippen molar-refractivity contribution in [3.63, 3.8) is 0 Å². The number of fused-ring (bicyclic) bond motifs is 10. The number of rotatable bonds is 15. The molecule has 1 fully saturated rings. The van der Waals surface area contributed by atoms with Crippen molar-refractivity contribution in [1.82, 2.24) is 4.98 Å². The monoisotopic (exact) mass is 2190 g/mol. The molecular formula is C102H76I2N11O22S4+. The zero-order valence-electron chi connectivity index (χ0n) is 72.9. The number of nitrogens with one attached hydrogen (secondary N) is 4. The molecule has 14 aromatic carbocycles. The lowest BCUT2D eigenvalue weighted by molar-refractivity contribution is -0.538. The first-order valence-electron chi connectivity index (χ1n) is 42.8. The molecular weight excluding hydrogens is 2110 g/mol. The number of hydrogen-bond donors (Lipinski definition) is 15. The van der Waals surface area contributed by atoms with Crippen LogP contribution in [0.5, 0.6) is 17.2 Å². The molecule has 33 nitrogen and oxygen atoms in total. The van der Waals surface area contributed by atoms with Crippen molar-refractivity contribution >= 4 is 227 Å². The Kier molecular flexibility index (Phi) is 25.5. The maximum Gasteiger partial charge on any atom is 0.307 e. The van der Waals surface area contributed by atoms with Crippen LogP contribution in [0.2, 0.25) is 0 Å². The van der Waals surface area contributed by atoms with Crippen molar-refractivity contribution in [1.29, 1.82) is 0 Å². The van der Waals surface area contributed by atoms with Crippen LogP contribution in [0.15, 0.2) is 314 Å². The Labute approximate surface area is 829 Å². The number of anilines is 14. The smallest absolute Gasteiger partial charge is 0.307 e. The van der Waals surface area contributed by atoms with Gasteiger partial charge in [-0.05, 0) is 227 Å². The highest BCUT2D eigenvalue weighted by Gasteiger charge is 2.41. The van der Waals surface area contributed by atoms with Crippen molar-refractivity contribution in [2.45, 2.75) is 51.2 Å². The molecule has 0 spiro atoms. The largest absolute Gasteiger partial charge is 0.504 e. The Morgan fingerprint density at radius 2 is 0.957 bits per heavy atom. The fraction of sp³-hybridized carbons (Fsp3) is 0.0588. The second kappa shape index (κ2) is 37.6. The van der Waals surface area contributed by atoms with Gasteiger partial charge >= 0.3 is 5.97 Å². The van der Waals surface area contributed by atoms with Crippen LogP contribution in [0.1, 0.15) is 101 Å². The van der Waals surface area contributed by atoms with E-state index in [4.69, 9.17) is 31.7 Å². The number of primary sulfonamides is 1. The van der Waals surface area contributed by atoms with Crippen LogP contribution in [-0.2, 0) is 45.2 Å². The summed E-state index contributed by atoms with van der Waals surface area (Å²) in [6, 6.07) is 81.5. The van der Waals surface area contributed by atoms with E-state index in [1.54, 1.807) is 24.3 Å². The zero-order chi connectivity index (χ0) is 99.9. The number of nitrogen functional groups attached to an aromatic ring is 3. The minimum absolute atomic E-state index is 0.0337. The molecule has 0 radical (unpaired) electrons. The number of halogens is 2. The van der Waals surface area contributed by atoms with Gasteiger partial charge in [0.25, 0.3) is 30.4 Å². The van der Waals surface area contributed by atoms with Gasteiger partial charge in [0, 0.05) is 104 Å². The summed E-state index contributed by atoms with van der Waals surface area (Å²) in [5.74, 6) is -6.13. The summed E-state index contributed by atoms with van der Waals surface area (Å²) < 4.78 is 134. The molecule has 2 atom stereocenters. The van der Waals surface area contributed by atoms with E-state index in [1.165, 1.54) is 110 Å². The Morgan fingerprint density at radius 3 is 1.55 bits per heavy atom. The van der Waals surface area contributed by atoms with Gasteiger partial charge in [-0.1, -0.05) is 122 Å². The number of ketones is 4. The number of carboxylic acid groups (broad SMARTS) is 1. The summed E-state index contributed by atoms with van der Waals surface area (Å²) in [6.45, 7) is 0. The molecule has 6 aliphatic rings. The summed E-state index contributed by atoms with van der Waals surface area (Å²) in [5.41, 5.74) is 29.4.